The number of carbonyl (C=O) groups is 1. The Morgan fingerprint density at radius 3 is 2.37 bits per heavy atom. The first-order valence-electron chi connectivity index (χ1n) is 8.82. The summed E-state index contributed by atoms with van der Waals surface area (Å²) in [6, 6.07) is 8.95. The molecule has 0 radical (unpaired) electrons. The SMILES string of the molecule is Cc1noc(C)c1S(=O)(=O)N1CCN(C(=O)C(N)Cc2ccccc2)CC1. The zero-order valence-corrected chi connectivity index (χ0v) is 16.3. The maximum absolute atomic E-state index is 12.8. The summed E-state index contributed by atoms with van der Waals surface area (Å²) in [7, 11) is -3.69. The quantitative estimate of drug-likeness (QED) is 0.802. The summed E-state index contributed by atoms with van der Waals surface area (Å²) in [5.74, 6) is 0.115. The van der Waals surface area contributed by atoms with E-state index >= 15 is 0 Å². The predicted octanol–water partition coefficient (Wildman–Crippen LogP) is 0.694. The van der Waals surface area contributed by atoms with Gasteiger partial charge in [-0.2, -0.15) is 4.31 Å². The van der Waals surface area contributed by atoms with Crippen LogP contribution in [0.5, 0.6) is 0 Å². The lowest BCUT2D eigenvalue weighted by Gasteiger charge is -2.35. The Kier molecular flexibility index (Phi) is 5.64. The number of rotatable bonds is 5. The van der Waals surface area contributed by atoms with Crippen molar-refractivity contribution in [2.24, 2.45) is 5.73 Å². The molecule has 1 amide bonds. The van der Waals surface area contributed by atoms with E-state index in [0.29, 0.717) is 25.2 Å². The Labute approximate surface area is 159 Å². The van der Waals surface area contributed by atoms with E-state index in [9.17, 15) is 13.2 Å². The normalized spacial score (nSPS) is 17.1. The van der Waals surface area contributed by atoms with Gasteiger partial charge in [0, 0.05) is 26.2 Å². The molecule has 27 heavy (non-hydrogen) atoms. The number of sulfonamides is 1. The summed E-state index contributed by atoms with van der Waals surface area (Å²) in [4.78, 5) is 14.3. The highest BCUT2D eigenvalue weighted by Crippen LogP contribution is 2.24. The molecular weight excluding hydrogens is 368 g/mol. The number of hydrogen-bond donors (Lipinski definition) is 1. The number of aryl methyl sites for hydroxylation is 2. The summed E-state index contributed by atoms with van der Waals surface area (Å²) >= 11 is 0. The third-order valence-electron chi connectivity index (χ3n) is 4.73. The summed E-state index contributed by atoms with van der Waals surface area (Å²) in [5, 5.41) is 3.72. The maximum Gasteiger partial charge on any atom is 0.248 e. The molecule has 2 heterocycles. The maximum atomic E-state index is 12.8. The molecule has 146 valence electrons. The Morgan fingerprint density at radius 2 is 1.81 bits per heavy atom. The van der Waals surface area contributed by atoms with Crippen molar-refractivity contribution >= 4 is 15.9 Å². The highest BCUT2D eigenvalue weighted by molar-refractivity contribution is 7.89. The van der Waals surface area contributed by atoms with Crippen LogP contribution in [0.2, 0.25) is 0 Å². The molecule has 1 fully saturated rings. The number of hydrogen-bond acceptors (Lipinski definition) is 6. The van der Waals surface area contributed by atoms with Gasteiger partial charge in [0.05, 0.1) is 6.04 Å². The van der Waals surface area contributed by atoms with Gasteiger partial charge in [-0.05, 0) is 25.8 Å². The predicted molar refractivity (Wildman–Crippen MR) is 99.4 cm³/mol. The van der Waals surface area contributed by atoms with Crippen molar-refractivity contribution in [3.8, 4) is 0 Å². The molecule has 1 aliphatic rings. The number of piperazine rings is 1. The molecule has 9 heteroatoms. The molecule has 1 aliphatic heterocycles. The lowest BCUT2D eigenvalue weighted by atomic mass is 10.1. The Bertz CT molecular complexity index is 883. The standard InChI is InChI=1S/C18H24N4O4S/c1-13-17(14(2)26-20-13)27(24,25)22-10-8-21(9-11-22)18(23)16(19)12-15-6-4-3-5-7-15/h3-7,16H,8-12,19H2,1-2H3. The minimum Gasteiger partial charge on any atom is -0.360 e. The number of aromatic nitrogens is 1. The first-order valence-corrected chi connectivity index (χ1v) is 10.3. The van der Waals surface area contributed by atoms with Crippen molar-refractivity contribution in [3.05, 3.63) is 47.3 Å². The fraction of sp³-hybridized carbons (Fsp3) is 0.444. The molecule has 0 bridgehead atoms. The van der Waals surface area contributed by atoms with Crippen LogP contribution in [0.3, 0.4) is 0 Å². The zero-order chi connectivity index (χ0) is 19.6. The fourth-order valence-corrected chi connectivity index (χ4v) is 5.02. The lowest BCUT2D eigenvalue weighted by molar-refractivity contribution is -0.133. The number of amides is 1. The van der Waals surface area contributed by atoms with Crippen LogP contribution in [-0.4, -0.2) is 60.9 Å². The molecule has 1 saturated heterocycles. The lowest BCUT2D eigenvalue weighted by Crippen LogP contribution is -2.54. The topological polar surface area (TPSA) is 110 Å². The average Bonchev–Trinajstić information content (AvgIpc) is 3.01. The highest BCUT2D eigenvalue weighted by Gasteiger charge is 2.35. The average molecular weight is 392 g/mol. The zero-order valence-electron chi connectivity index (χ0n) is 15.5. The summed E-state index contributed by atoms with van der Waals surface area (Å²) < 4.78 is 32.0. The van der Waals surface area contributed by atoms with E-state index in [0.717, 1.165) is 5.56 Å². The van der Waals surface area contributed by atoms with Crippen molar-refractivity contribution in [1.82, 2.24) is 14.4 Å². The molecule has 2 N–H and O–H groups in total. The number of nitrogens with two attached hydrogens (primary N) is 1. The molecule has 0 saturated carbocycles. The summed E-state index contributed by atoms with van der Waals surface area (Å²) in [6.07, 6.45) is 0.456. The molecule has 3 rings (SSSR count). The van der Waals surface area contributed by atoms with Gasteiger partial charge in [0.1, 0.15) is 10.6 Å². The third kappa shape index (κ3) is 4.05. The van der Waals surface area contributed by atoms with Crippen molar-refractivity contribution in [3.63, 3.8) is 0 Å². The number of benzene rings is 1. The van der Waals surface area contributed by atoms with E-state index in [1.165, 1.54) is 4.31 Å². The minimum atomic E-state index is -3.69. The Morgan fingerprint density at radius 1 is 1.19 bits per heavy atom. The van der Waals surface area contributed by atoms with Gasteiger partial charge in [-0.1, -0.05) is 35.5 Å². The van der Waals surface area contributed by atoms with Crippen molar-refractivity contribution in [2.45, 2.75) is 31.2 Å². The van der Waals surface area contributed by atoms with Crippen LogP contribution in [0.1, 0.15) is 17.0 Å². The van der Waals surface area contributed by atoms with Crippen LogP contribution in [-0.2, 0) is 21.2 Å². The van der Waals surface area contributed by atoms with Crippen LogP contribution >= 0.6 is 0 Å². The second-order valence-corrected chi connectivity index (χ2v) is 8.55. The first kappa shape index (κ1) is 19.5. The third-order valence-corrected chi connectivity index (χ3v) is 6.88. The highest BCUT2D eigenvalue weighted by atomic mass is 32.2. The molecule has 0 aliphatic carbocycles. The summed E-state index contributed by atoms with van der Waals surface area (Å²) in [5.41, 5.74) is 7.42. The van der Waals surface area contributed by atoms with E-state index in [1.54, 1.807) is 18.7 Å². The van der Waals surface area contributed by atoms with Gasteiger partial charge in [0.2, 0.25) is 15.9 Å². The van der Waals surface area contributed by atoms with Gasteiger partial charge in [0.15, 0.2) is 5.76 Å². The van der Waals surface area contributed by atoms with Gasteiger partial charge in [-0.3, -0.25) is 4.79 Å². The number of nitrogens with zero attached hydrogens (tertiary/aromatic N) is 3. The van der Waals surface area contributed by atoms with Crippen LogP contribution in [0.15, 0.2) is 39.8 Å². The molecule has 2 aromatic rings. The van der Waals surface area contributed by atoms with E-state index in [2.05, 4.69) is 5.16 Å². The van der Waals surface area contributed by atoms with Crippen LogP contribution < -0.4 is 5.73 Å². The summed E-state index contributed by atoms with van der Waals surface area (Å²) in [6.45, 7) is 4.24. The van der Waals surface area contributed by atoms with E-state index < -0.39 is 16.1 Å². The van der Waals surface area contributed by atoms with Gasteiger partial charge in [0.25, 0.3) is 0 Å². The van der Waals surface area contributed by atoms with Crippen molar-refractivity contribution in [1.29, 1.82) is 0 Å². The van der Waals surface area contributed by atoms with E-state index in [-0.39, 0.29) is 29.7 Å². The molecule has 8 nitrogen and oxygen atoms in total. The molecular formula is C18H24N4O4S. The molecule has 1 aromatic carbocycles. The largest absolute Gasteiger partial charge is 0.360 e. The van der Waals surface area contributed by atoms with E-state index in [1.807, 2.05) is 30.3 Å². The Hall–Kier alpha value is -2.23. The second kappa shape index (κ2) is 7.79. The van der Waals surface area contributed by atoms with Crippen LogP contribution in [0.25, 0.3) is 0 Å². The van der Waals surface area contributed by atoms with Crippen LogP contribution in [0.4, 0.5) is 0 Å². The molecule has 1 aromatic heterocycles. The van der Waals surface area contributed by atoms with Gasteiger partial charge in [-0.25, -0.2) is 8.42 Å². The van der Waals surface area contributed by atoms with Gasteiger partial charge >= 0.3 is 0 Å². The monoisotopic (exact) mass is 392 g/mol. The van der Waals surface area contributed by atoms with Crippen molar-refractivity contribution in [2.75, 3.05) is 26.2 Å². The van der Waals surface area contributed by atoms with Crippen molar-refractivity contribution < 1.29 is 17.7 Å². The van der Waals surface area contributed by atoms with Gasteiger partial charge in [-0.15, -0.1) is 0 Å². The Balaban J connectivity index is 1.62. The molecule has 1 atom stereocenters. The first-order chi connectivity index (χ1) is 12.8. The van der Waals surface area contributed by atoms with Gasteiger partial charge < -0.3 is 15.2 Å². The minimum absolute atomic E-state index is 0.114. The molecule has 1 unspecified atom stereocenters. The van der Waals surface area contributed by atoms with Crippen LogP contribution in [0, 0.1) is 13.8 Å². The van der Waals surface area contributed by atoms with E-state index in [4.69, 9.17) is 10.3 Å². The smallest absolute Gasteiger partial charge is 0.248 e. The number of carbonyl (C=O) groups excluding carboxylic acids is 1. The second-order valence-electron chi connectivity index (χ2n) is 6.68. The molecule has 0 spiro atoms. The fourth-order valence-electron chi connectivity index (χ4n) is 3.31.